The summed E-state index contributed by atoms with van der Waals surface area (Å²) in [4.78, 5) is 16.6. The van der Waals surface area contributed by atoms with Gasteiger partial charge in [-0.1, -0.05) is 5.21 Å². The zero-order valence-electron chi connectivity index (χ0n) is 19.7. The minimum absolute atomic E-state index is 0.0636. The van der Waals surface area contributed by atoms with Gasteiger partial charge in [-0.25, -0.2) is 17.9 Å². The number of rotatable bonds is 11. The van der Waals surface area contributed by atoms with E-state index in [9.17, 15) is 18.0 Å². The topological polar surface area (TPSA) is 134 Å². The second-order valence-electron chi connectivity index (χ2n) is 8.75. The molecule has 0 radical (unpaired) electrons. The summed E-state index contributed by atoms with van der Waals surface area (Å²) in [7, 11) is 0. The van der Waals surface area contributed by atoms with Crippen LogP contribution in [-0.4, -0.2) is 44.1 Å². The molecule has 0 spiro atoms. The molecular formula is C23H30F3N7O2. The Labute approximate surface area is 201 Å². The average molecular weight is 494 g/mol. The van der Waals surface area contributed by atoms with Crippen molar-refractivity contribution in [2.75, 3.05) is 0 Å². The van der Waals surface area contributed by atoms with Crippen molar-refractivity contribution >= 4 is 5.91 Å². The fraction of sp³-hybridized carbons (Fsp3) is 0.478. The van der Waals surface area contributed by atoms with Crippen LogP contribution in [-0.2, 0) is 17.8 Å². The SMILES string of the molecule is Cc1cn(CC(F)CC/C(N)=C/C=C(\N)NC(=O)Cc2cc(OC3CC(F)(F)C3)cc(C)n2)nn1. The van der Waals surface area contributed by atoms with E-state index in [0.29, 0.717) is 34.9 Å². The maximum Gasteiger partial charge on any atom is 0.255 e. The molecule has 1 aliphatic rings. The fourth-order valence-corrected chi connectivity index (χ4v) is 3.54. The number of hydrogen-bond donors (Lipinski definition) is 3. The number of hydrogen-bond acceptors (Lipinski definition) is 7. The second-order valence-corrected chi connectivity index (χ2v) is 8.75. The Morgan fingerprint density at radius 3 is 2.69 bits per heavy atom. The van der Waals surface area contributed by atoms with Crippen LogP contribution in [0.3, 0.4) is 0 Å². The predicted octanol–water partition coefficient (Wildman–Crippen LogP) is 2.59. The van der Waals surface area contributed by atoms with E-state index in [1.807, 2.05) is 0 Å². The summed E-state index contributed by atoms with van der Waals surface area (Å²) in [5.74, 6) is -2.64. The molecule has 5 N–H and O–H groups in total. The van der Waals surface area contributed by atoms with E-state index in [4.69, 9.17) is 16.2 Å². The van der Waals surface area contributed by atoms with E-state index in [2.05, 4.69) is 20.6 Å². The van der Waals surface area contributed by atoms with Crippen molar-refractivity contribution in [3.05, 3.63) is 59.1 Å². The molecule has 1 atom stereocenters. The number of halogens is 3. The molecule has 1 aliphatic carbocycles. The van der Waals surface area contributed by atoms with E-state index >= 15 is 0 Å². The molecule has 0 aromatic carbocycles. The fourth-order valence-electron chi connectivity index (χ4n) is 3.54. The van der Waals surface area contributed by atoms with Gasteiger partial charge in [-0.3, -0.25) is 9.78 Å². The lowest BCUT2D eigenvalue weighted by atomic mass is 9.91. The molecule has 1 saturated carbocycles. The standard InChI is InChI=1S/C23H30F3N7O2/c1-14-7-19(35-20-10-23(25,26)11-20)8-18(29-14)9-22(34)30-21(28)6-5-17(27)4-3-16(24)13-33-12-15(2)31-32-33/h5-8,12,16,20H,3-4,9-11,13,27-28H2,1-2H3,(H,30,34)/b17-5-,21-6+. The number of aromatic nitrogens is 4. The summed E-state index contributed by atoms with van der Waals surface area (Å²) < 4.78 is 47.1. The van der Waals surface area contributed by atoms with Crippen molar-refractivity contribution in [2.24, 2.45) is 11.5 Å². The molecule has 9 nitrogen and oxygen atoms in total. The van der Waals surface area contributed by atoms with Gasteiger partial charge < -0.3 is 21.5 Å². The van der Waals surface area contributed by atoms with Crippen LogP contribution < -0.4 is 21.5 Å². The average Bonchev–Trinajstić information content (AvgIpc) is 3.13. The lowest BCUT2D eigenvalue weighted by molar-refractivity contribution is -0.134. The van der Waals surface area contributed by atoms with Crippen LogP contribution >= 0.6 is 0 Å². The lowest BCUT2D eigenvalue weighted by Crippen LogP contribution is -2.43. The second kappa shape index (κ2) is 11.2. The quantitative estimate of drug-likeness (QED) is 0.410. The molecule has 190 valence electrons. The highest BCUT2D eigenvalue weighted by Crippen LogP contribution is 2.39. The highest BCUT2D eigenvalue weighted by Gasteiger charge is 2.47. The Balaban J connectivity index is 1.45. The smallest absolute Gasteiger partial charge is 0.255 e. The summed E-state index contributed by atoms with van der Waals surface area (Å²) in [6.45, 7) is 3.59. The van der Waals surface area contributed by atoms with Gasteiger partial charge in [0.05, 0.1) is 24.4 Å². The van der Waals surface area contributed by atoms with Gasteiger partial charge in [-0.05, 0) is 38.8 Å². The molecule has 2 aromatic heterocycles. The monoisotopic (exact) mass is 493 g/mol. The number of allylic oxidation sites excluding steroid dienone is 3. The van der Waals surface area contributed by atoms with Crippen molar-refractivity contribution in [1.29, 1.82) is 0 Å². The molecule has 0 bridgehead atoms. The van der Waals surface area contributed by atoms with E-state index in [1.54, 1.807) is 32.2 Å². The Bertz CT molecular complexity index is 1090. The summed E-state index contributed by atoms with van der Waals surface area (Å²) in [6.07, 6.45) is 2.67. The normalized spacial score (nSPS) is 17.1. The van der Waals surface area contributed by atoms with Gasteiger partial charge in [-0.15, -0.1) is 5.10 Å². The Morgan fingerprint density at radius 1 is 1.29 bits per heavy atom. The van der Waals surface area contributed by atoms with Crippen molar-refractivity contribution < 1.29 is 22.7 Å². The first-order valence-corrected chi connectivity index (χ1v) is 11.2. The minimum atomic E-state index is -2.68. The summed E-state index contributed by atoms with van der Waals surface area (Å²) in [6, 6.07) is 3.18. The third kappa shape index (κ3) is 8.62. The highest BCUT2D eigenvalue weighted by atomic mass is 19.3. The molecule has 1 unspecified atom stereocenters. The first-order valence-electron chi connectivity index (χ1n) is 11.2. The highest BCUT2D eigenvalue weighted by molar-refractivity contribution is 5.79. The number of nitrogens with one attached hydrogen (secondary N) is 1. The molecule has 3 rings (SSSR count). The van der Waals surface area contributed by atoms with Gasteiger partial charge in [0.1, 0.15) is 23.8 Å². The van der Waals surface area contributed by atoms with Crippen molar-refractivity contribution in [3.8, 4) is 5.75 Å². The summed E-state index contributed by atoms with van der Waals surface area (Å²) in [5.41, 5.74) is 13.9. The van der Waals surface area contributed by atoms with Crippen LogP contribution in [0.2, 0.25) is 0 Å². The summed E-state index contributed by atoms with van der Waals surface area (Å²) >= 11 is 0. The number of aryl methyl sites for hydroxylation is 2. The number of carbonyl (C=O) groups is 1. The molecule has 1 fully saturated rings. The van der Waals surface area contributed by atoms with Gasteiger partial charge in [0.25, 0.3) is 5.92 Å². The number of nitrogens with zero attached hydrogens (tertiary/aromatic N) is 4. The third-order valence-corrected chi connectivity index (χ3v) is 5.22. The first-order chi connectivity index (χ1) is 16.5. The zero-order valence-corrected chi connectivity index (χ0v) is 19.7. The molecular weight excluding hydrogens is 463 g/mol. The van der Waals surface area contributed by atoms with Gasteiger partial charge in [0.15, 0.2) is 0 Å². The third-order valence-electron chi connectivity index (χ3n) is 5.22. The molecule has 2 heterocycles. The number of ether oxygens (including phenoxy) is 1. The van der Waals surface area contributed by atoms with Crippen molar-refractivity contribution in [3.63, 3.8) is 0 Å². The van der Waals surface area contributed by atoms with Crippen LogP contribution in [0.15, 0.2) is 42.0 Å². The van der Waals surface area contributed by atoms with E-state index in [1.165, 1.54) is 16.8 Å². The molecule has 0 aliphatic heterocycles. The van der Waals surface area contributed by atoms with E-state index < -0.39 is 24.1 Å². The first kappa shape index (κ1) is 26.0. The van der Waals surface area contributed by atoms with Gasteiger partial charge >= 0.3 is 0 Å². The molecule has 35 heavy (non-hydrogen) atoms. The predicted molar refractivity (Wildman–Crippen MR) is 123 cm³/mol. The van der Waals surface area contributed by atoms with Crippen molar-refractivity contribution in [2.45, 2.75) is 70.7 Å². The van der Waals surface area contributed by atoms with Gasteiger partial charge in [0.2, 0.25) is 5.91 Å². The lowest BCUT2D eigenvalue weighted by Gasteiger charge is -2.34. The Hall–Kier alpha value is -3.57. The number of alkyl halides is 3. The maximum atomic E-state index is 14.1. The van der Waals surface area contributed by atoms with Crippen LogP contribution in [0.1, 0.15) is 42.8 Å². The van der Waals surface area contributed by atoms with Crippen LogP contribution in [0, 0.1) is 13.8 Å². The number of amides is 1. The van der Waals surface area contributed by atoms with Gasteiger partial charge in [-0.2, -0.15) is 0 Å². The van der Waals surface area contributed by atoms with Crippen molar-refractivity contribution in [1.82, 2.24) is 25.3 Å². The summed E-state index contributed by atoms with van der Waals surface area (Å²) in [5, 5.41) is 10.1. The number of carbonyl (C=O) groups excluding carboxylic acids is 1. The Morgan fingerprint density at radius 2 is 2.03 bits per heavy atom. The Kier molecular flexibility index (Phi) is 8.36. The number of pyridine rings is 1. The largest absolute Gasteiger partial charge is 0.490 e. The minimum Gasteiger partial charge on any atom is -0.490 e. The molecule has 2 aromatic rings. The van der Waals surface area contributed by atoms with E-state index in [-0.39, 0.29) is 38.0 Å². The van der Waals surface area contributed by atoms with Crippen LogP contribution in [0.25, 0.3) is 0 Å². The van der Waals surface area contributed by atoms with Gasteiger partial charge in [0, 0.05) is 42.6 Å². The molecule has 0 saturated heterocycles. The van der Waals surface area contributed by atoms with Crippen LogP contribution in [0.4, 0.5) is 13.2 Å². The maximum absolute atomic E-state index is 14.1. The molecule has 12 heteroatoms. The number of nitrogens with two attached hydrogens (primary N) is 2. The van der Waals surface area contributed by atoms with E-state index in [0.717, 1.165) is 0 Å². The van der Waals surface area contributed by atoms with Crippen LogP contribution in [0.5, 0.6) is 5.75 Å². The zero-order chi connectivity index (χ0) is 25.6. The molecule has 1 amide bonds.